The van der Waals surface area contributed by atoms with Gasteiger partial charge in [0.2, 0.25) is 0 Å². The lowest BCUT2D eigenvalue weighted by molar-refractivity contribution is -0.0354. The van der Waals surface area contributed by atoms with Crippen LogP contribution in [0.15, 0.2) is 12.8 Å². The molecule has 2 nitrogen and oxygen atoms in total. The van der Waals surface area contributed by atoms with Crippen LogP contribution in [-0.2, 0) is 0 Å². The van der Waals surface area contributed by atoms with Gasteiger partial charge in [-0.3, -0.25) is 0 Å². The molecular weight excluding hydrogens is 114 g/mol. The molecule has 1 fully saturated rings. The van der Waals surface area contributed by atoms with Crippen molar-refractivity contribution in [3.8, 4) is 0 Å². The molecule has 0 radical (unpaired) electrons. The average molecular weight is 127 g/mol. The number of rotatable bonds is 2. The monoisotopic (exact) mass is 127 g/mol. The highest BCUT2D eigenvalue weighted by Crippen LogP contribution is 2.30. The zero-order chi connectivity index (χ0) is 6.91. The maximum absolute atomic E-state index is 9.24. The third-order valence-corrected chi connectivity index (χ3v) is 1.73. The first-order chi connectivity index (χ1) is 4.14. The summed E-state index contributed by atoms with van der Waals surface area (Å²) >= 11 is 0. The second-order valence-corrected chi connectivity index (χ2v) is 2.97. The molecule has 0 amide bonds. The van der Waals surface area contributed by atoms with Crippen molar-refractivity contribution < 1.29 is 5.11 Å². The van der Waals surface area contributed by atoms with Crippen LogP contribution in [0.2, 0.25) is 0 Å². The molecule has 0 unspecified atom stereocenters. The van der Waals surface area contributed by atoms with Gasteiger partial charge in [0, 0.05) is 6.04 Å². The van der Waals surface area contributed by atoms with Crippen molar-refractivity contribution >= 4 is 0 Å². The average Bonchev–Trinajstić information content (AvgIpc) is 1.62. The fourth-order valence-corrected chi connectivity index (χ4v) is 1.29. The molecule has 0 aromatic heterocycles. The Morgan fingerprint density at radius 3 is 2.67 bits per heavy atom. The first-order valence-corrected chi connectivity index (χ1v) is 3.23. The Labute approximate surface area is 55.6 Å². The topological polar surface area (TPSA) is 32.3 Å². The number of hydrogen-bond donors (Lipinski definition) is 2. The molecule has 9 heavy (non-hydrogen) atoms. The van der Waals surface area contributed by atoms with E-state index >= 15 is 0 Å². The lowest BCUT2D eigenvalue weighted by atomic mass is 9.77. The summed E-state index contributed by atoms with van der Waals surface area (Å²) in [5.74, 6) is 0. The molecule has 52 valence electrons. The fraction of sp³-hybridized carbons (Fsp3) is 0.714. The molecule has 1 rings (SSSR count). The van der Waals surface area contributed by atoms with Crippen molar-refractivity contribution in [3.05, 3.63) is 12.8 Å². The molecule has 2 N–H and O–H groups in total. The zero-order valence-corrected chi connectivity index (χ0v) is 5.72. The predicted molar refractivity (Wildman–Crippen MR) is 37.0 cm³/mol. The van der Waals surface area contributed by atoms with Crippen LogP contribution in [0.5, 0.6) is 0 Å². The second-order valence-electron chi connectivity index (χ2n) is 2.97. The minimum Gasteiger partial charge on any atom is -0.390 e. The fourth-order valence-electron chi connectivity index (χ4n) is 1.29. The van der Waals surface area contributed by atoms with Gasteiger partial charge in [-0.1, -0.05) is 6.58 Å². The molecule has 0 aromatic carbocycles. The van der Waals surface area contributed by atoms with Gasteiger partial charge in [-0.15, -0.1) is 0 Å². The third-order valence-electron chi connectivity index (χ3n) is 1.73. The van der Waals surface area contributed by atoms with Gasteiger partial charge >= 0.3 is 0 Å². The summed E-state index contributed by atoms with van der Waals surface area (Å²) in [6.07, 6.45) is 3.37. The smallest absolute Gasteiger partial charge is 0.0658 e. The lowest BCUT2D eigenvalue weighted by Crippen LogP contribution is -2.50. The highest BCUT2D eigenvalue weighted by Gasteiger charge is 2.37. The molecule has 1 saturated carbocycles. The summed E-state index contributed by atoms with van der Waals surface area (Å²) in [5, 5.41) is 12.3. The van der Waals surface area contributed by atoms with E-state index in [0.29, 0.717) is 6.04 Å². The summed E-state index contributed by atoms with van der Waals surface area (Å²) in [6, 6.07) is 0.456. The highest BCUT2D eigenvalue weighted by atomic mass is 16.3. The van der Waals surface area contributed by atoms with Crippen molar-refractivity contribution in [2.45, 2.75) is 31.4 Å². The Kier molecular flexibility index (Phi) is 1.49. The van der Waals surface area contributed by atoms with Crippen LogP contribution >= 0.6 is 0 Å². The summed E-state index contributed by atoms with van der Waals surface area (Å²) in [6.45, 7) is 5.39. The maximum Gasteiger partial charge on any atom is 0.0658 e. The highest BCUT2D eigenvalue weighted by molar-refractivity contribution is 4.96. The van der Waals surface area contributed by atoms with Crippen LogP contribution in [0.3, 0.4) is 0 Å². The summed E-state index contributed by atoms with van der Waals surface area (Å²) in [7, 11) is 0. The van der Waals surface area contributed by atoms with E-state index < -0.39 is 5.60 Å². The summed E-state index contributed by atoms with van der Waals surface area (Å²) < 4.78 is 0. The van der Waals surface area contributed by atoms with E-state index in [1.165, 1.54) is 0 Å². The lowest BCUT2D eigenvalue weighted by Gasteiger charge is -2.40. The minimum atomic E-state index is -0.416. The van der Waals surface area contributed by atoms with Crippen molar-refractivity contribution in [2.75, 3.05) is 0 Å². The van der Waals surface area contributed by atoms with E-state index in [1.54, 1.807) is 6.20 Å². The minimum absolute atomic E-state index is 0.416. The molecule has 0 aliphatic heterocycles. The van der Waals surface area contributed by atoms with Crippen LogP contribution in [0.1, 0.15) is 19.8 Å². The van der Waals surface area contributed by atoms with Gasteiger partial charge in [-0.2, -0.15) is 0 Å². The molecule has 0 saturated heterocycles. The second kappa shape index (κ2) is 2.03. The predicted octanol–water partition coefficient (Wildman–Crippen LogP) is 0.633. The molecule has 1 aliphatic carbocycles. The Bertz CT molecular complexity index is 112. The van der Waals surface area contributed by atoms with Gasteiger partial charge in [0.05, 0.1) is 5.60 Å². The third kappa shape index (κ3) is 1.45. The largest absolute Gasteiger partial charge is 0.390 e. The van der Waals surface area contributed by atoms with Gasteiger partial charge in [-0.25, -0.2) is 0 Å². The van der Waals surface area contributed by atoms with Crippen molar-refractivity contribution in [1.29, 1.82) is 0 Å². The van der Waals surface area contributed by atoms with Crippen molar-refractivity contribution in [1.82, 2.24) is 5.32 Å². The summed E-state index contributed by atoms with van der Waals surface area (Å²) in [4.78, 5) is 0. The molecule has 0 aromatic rings. The normalized spacial score (nSPS) is 41.3. The standard InChI is InChI=1S/C7H13NO/c1-3-8-6-4-7(2,9)5-6/h3,6,8-9H,1,4-5H2,2H3. The van der Waals surface area contributed by atoms with Crippen molar-refractivity contribution in [3.63, 3.8) is 0 Å². The van der Waals surface area contributed by atoms with Crippen LogP contribution in [-0.4, -0.2) is 16.7 Å². The maximum atomic E-state index is 9.24. The quantitative estimate of drug-likeness (QED) is 0.570. The van der Waals surface area contributed by atoms with Gasteiger partial charge in [0.15, 0.2) is 0 Å². The number of aliphatic hydroxyl groups is 1. The SMILES string of the molecule is C=CNC1CC(C)(O)C1. The van der Waals surface area contributed by atoms with Gasteiger partial charge in [-0.05, 0) is 26.0 Å². The van der Waals surface area contributed by atoms with Gasteiger partial charge in [0.1, 0.15) is 0 Å². The Hall–Kier alpha value is -0.500. The van der Waals surface area contributed by atoms with E-state index in [1.807, 2.05) is 6.92 Å². The molecular formula is C7H13NO. The number of nitrogens with one attached hydrogen (secondary N) is 1. The van der Waals surface area contributed by atoms with E-state index in [0.717, 1.165) is 12.8 Å². The van der Waals surface area contributed by atoms with E-state index in [2.05, 4.69) is 11.9 Å². The van der Waals surface area contributed by atoms with E-state index in [-0.39, 0.29) is 0 Å². The Morgan fingerprint density at radius 1 is 1.78 bits per heavy atom. The molecule has 0 atom stereocenters. The molecule has 1 aliphatic rings. The Morgan fingerprint density at radius 2 is 2.33 bits per heavy atom. The zero-order valence-electron chi connectivity index (χ0n) is 5.72. The van der Waals surface area contributed by atoms with E-state index in [9.17, 15) is 5.11 Å². The Balaban J connectivity index is 2.19. The van der Waals surface area contributed by atoms with Gasteiger partial charge < -0.3 is 10.4 Å². The van der Waals surface area contributed by atoms with Crippen molar-refractivity contribution in [2.24, 2.45) is 0 Å². The van der Waals surface area contributed by atoms with Crippen LogP contribution < -0.4 is 5.32 Å². The van der Waals surface area contributed by atoms with Crippen LogP contribution in [0.25, 0.3) is 0 Å². The van der Waals surface area contributed by atoms with Crippen LogP contribution in [0, 0.1) is 0 Å². The first-order valence-electron chi connectivity index (χ1n) is 3.23. The number of hydrogen-bond acceptors (Lipinski definition) is 2. The molecule has 2 heteroatoms. The van der Waals surface area contributed by atoms with E-state index in [4.69, 9.17) is 0 Å². The molecule has 0 heterocycles. The first kappa shape index (κ1) is 6.62. The van der Waals surface area contributed by atoms with Crippen LogP contribution in [0.4, 0.5) is 0 Å². The summed E-state index contributed by atoms with van der Waals surface area (Å²) in [5.41, 5.74) is -0.416. The molecule has 0 bridgehead atoms. The molecule has 0 spiro atoms. The van der Waals surface area contributed by atoms with Gasteiger partial charge in [0.25, 0.3) is 0 Å².